The van der Waals surface area contributed by atoms with Gasteiger partial charge < -0.3 is 4.90 Å². The predicted octanol–water partition coefficient (Wildman–Crippen LogP) is 2.58. The second kappa shape index (κ2) is 5.21. The summed E-state index contributed by atoms with van der Waals surface area (Å²) in [5, 5.41) is 0. The van der Waals surface area contributed by atoms with Crippen molar-refractivity contribution in [3.05, 3.63) is 34.6 Å². The van der Waals surface area contributed by atoms with Crippen LogP contribution in [0.15, 0.2) is 12.1 Å². The van der Waals surface area contributed by atoms with Crippen molar-refractivity contribution < 1.29 is 9.18 Å². The van der Waals surface area contributed by atoms with E-state index in [9.17, 15) is 9.18 Å². The molecule has 0 aromatic heterocycles. The zero-order valence-corrected chi connectivity index (χ0v) is 10.3. The van der Waals surface area contributed by atoms with E-state index in [2.05, 4.69) is 0 Å². The van der Waals surface area contributed by atoms with Crippen LogP contribution < -0.4 is 0 Å². The van der Waals surface area contributed by atoms with Crippen LogP contribution in [0.25, 0.3) is 0 Å². The summed E-state index contributed by atoms with van der Waals surface area (Å²) in [6.45, 7) is 4.37. The molecule has 0 bridgehead atoms. The van der Waals surface area contributed by atoms with E-state index in [-0.39, 0.29) is 11.3 Å². The van der Waals surface area contributed by atoms with Crippen molar-refractivity contribution in [3.63, 3.8) is 0 Å². The molecule has 0 aliphatic heterocycles. The maximum atomic E-state index is 13.6. The van der Waals surface area contributed by atoms with Crippen LogP contribution in [-0.2, 0) is 0 Å². The lowest BCUT2D eigenvalue weighted by molar-refractivity contribution is 0.0968. The fraction of sp³-hybridized carbons (Fsp3) is 0.462. The minimum atomic E-state index is -0.410. The van der Waals surface area contributed by atoms with E-state index in [0.29, 0.717) is 13.0 Å². The molecule has 0 spiro atoms. The number of Topliss-reactive ketones (excluding diaryl/α,β-unsaturated/α-hetero) is 1. The van der Waals surface area contributed by atoms with Gasteiger partial charge in [-0.1, -0.05) is 0 Å². The second-order valence-corrected chi connectivity index (χ2v) is 4.39. The summed E-state index contributed by atoms with van der Waals surface area (Å²) >= 11 is 0. The van der Waals surface area contributed by atoms with Gasteiger partial charge in [0.15, 0.2) is 5.78 Å². The van der Waals surface area contributed by atoms with Crippen LogP contribution in [0.3, 0.4) is 0 Å². The van der Waals surface area contributed by atoms with Gasteiger partial charge in [-0.2, -0.15) is 0 Å². The summed E-state index contributed by atoms with van der Waals surface area (Å²) in [7, 11) is 3.79. The highest BCUT2D eigenvalue weighted by Gasteiger charge is 2.13. The molecule has 0 N–H and O–H groups in total. The van der Waals surface area contributed by atoms with Gasteiger partial charge in [-0.15, -0.1) is 0 Å². The van der Waals surface area contributed by atoms with Crippen molar-refractivity contribution in [2.24, 2.45) is 0 Å². The normalized spacial score (nSPS) is 10.9. The Bertz CT molecular complexity index is 399. The van der Waals surface area contributed by atoms with Gasteiger partial charge in [0.05, 0.1) is 5.56 Å². The SMILES string of the molecule is Cc1cc(F)c(C(=O)CCN(C)C)cc1C. The number of hydrogen-bond donors (Lipinski definition) is 0. The summed E-state index contributed by atoms with van der Waals surface area (Å²) in [4.78, 5) is 13.7. The van der Waals surface area contributed by atoms with Crippen molar-refractivity contribution in [1.29, 1.82) is 0 Å². The van der Waals surface area contributed by atoms with Crippen LogP contribution in [0.1, 0.15) is 27.9 Å². The number of carbonyl (C=O) groups excluding carboxylic acids is 1. The molecule has 88 valence electrons. The second-order valence-electron chi connectivity index (χ2n) is 4.39. The quantitative estimate of drug-likeness (QED) is 0.731. The van der Waals surface area contributed by atoms with E-state index >= 15 is 0 Å². The average molecular weight is 223 g/mol. The van der Waals surface area contributed by atoms with Gasteiger partial charge >= 0.3 is 0 Å². The number of carbonyl (C=O) groups is 1. The summed E-state index contributed by atoms with van der Waals surface area (Å²) in [6, 6.07) is 3.07. The Morgan fingerprint density at radius 1 is 1.25 bits per heavy atom. The molecule has 0 amide bonds. The lowest BCUT2D eigenvalue weighted by Crippen LogP contribution is -2.17. The standard InChI is InChI=1S/C13H18FNO/c1-9-7-11(12(14)8-10(9)2)13(16)5-6-15(3)4/h7-8H,5-6H2,1-4H3. The van der Waals surface area contributed by atoms with E-state index in [1.807, 2.05) is 32.8 Å². The van der Waals surface area contributed by atoms with Gasteiger partial charge in [0, 0.05) is 13.0 Å². The van der Waals surface area contributed by atoms with E-state index in [1.54, 1.807) is 6.07 Å². The fourth-order valence-electron chi connectivity index (χ4n) is 1.45. The minimum Gasteiger partial charge on any atom is -0.309 e. The molecule has 3 heteroatoms. The molecular formula is C13H18FNO. The molecule has 0 fully saturated rings. The Labute approximate surface area is 96.1 Å². The van der Waals surface area contributed by atoms with E-state index in [1.165, 1.54) is 6.07 Å². The molecule has 0 saturated carbocycles. The van der Waals surface area contributed by atoms with Gasteiger partial charge in [0.1, 0.15) is 5.82 Å². The van der Waals surface area contributed by atoms with Crippen molar-refractivity contribution in [1.82, 2.24) is 4.90 Å². The highest BCUT2D eigenvalue weighted by molar-refractivity contribution is 5.96. The lowest BCUT2D eigenvalue weighted by Gasteiger charge is -2.10. The molecule has 0 aliphatic carbocycles. The van der Waals surface area contributed by atoms with Gasteiger partial charge in [-0.25, -0.2) is 4.39 Å². The predicted molar refractivity (Wildman–Crippen MR) is 63.4 cm³/mol. The Balaban J connectivity index is 2.87. The molecule has 1 aromatic rings. The first-order valence-electron chi connectivity index (χ1n) is 5.36. The Morgan fingerprint density at radius 3 is 2.38 bits per heavy atom. The molecule has 1 aromatic carbocycles. The van der Waals surface area contributed by atoms with Crippen molar-refractivity contribution in [2.75, 3.05) is 20.6 Å². The number of rotatable bonds is 4. The third-order valence-corrected chi connectivity index (χ3v) is 2.67. The Kier molecular flexibility index (Phi) is 4.19. The first-order chi connectivity index (χ1) is 7.41. The number of halogens is 1. The highest BCUT2D eigenvalue weighted by Crippen LogP contribution is 2.16. The van der Waals surface area contributed by atoms with Crippen LogP contribution in [0.4, 0.5) is 4.39 Å². The Hall–Kier alpha value is -1.22. The number of hydrogen-bond acceptors (Lipinski definition) is 2. The summed E-state index contributed by atoms with van der Waals surface area (Å²) in [5.41, 5.74) is 2.04. The molecule has 0 atom stereocenters. The third-order valence-electron chi connectivity index (χ3n) is 2.67. The topological polar surface area (TPSA) is 20.3 Å². The number of nitrogens with zero attached hydrogens (tertiary/aromatic N) is 1. The van der Waals surface area contributed by atoms with Gasteiger partial charge in [-0.3, -0.25) is 4.79 Å². The summed E-state index contributed by atoms with van der Waals surface area (Å²) < 4.78 is 13.6. The number of ketones is 1. The number of benzene rings is 1. The lowest BCUT2D eigenvalue weighted by atomic mass is 10.0. The molecule has 0 unspecified atom stereocenters. The van der Waals surface area contributed by atoms with Gasteiger partial charge in [-0.05, 0) is 51.2 Å². The van der Waals surface area contributed by atoms with Crippen LogP contribution in [0.2, 0.25) is 0 Å². The van der Waals surface area contributed by atoms with Crippen molar-refractivity contribution in [2.45, 2.75) is 20.3 Å². The van der Waals surface area contributed by atoms with Gasteiger partial charge in [0.2, 0.25) is 0 Å². The van der Waals surface area contributed by atoms with E-state index < -0.39 is 5.82 Å². The maximum Gasteiger partial charge on any atom is 0.167 e. The molecule has 0 aliphatic rings. The molecule has 2 nitrogen and oxygen atoms in total. The fourth-order valence-corrected chi connectivity index (χ4v) is 1.45. The summed E-state index contributed by atoms with van der Waals surface area (Å²) in [5.74, 6) is -0.541. The van der Waals surface area contributed by atoms with Gasteiger partial charge in [0.25, 0.3) is 0 Å². The third kappa shape index (κ3) is 3.14. The van der Waals surface area contributed by atoms with Crippen LogP contribution in [-0.4, -0.2) is 31.3 Å². The van der Waals surface area contributed by atoms with Crippen LogP contribution in [0.5, 0.6) is 0 Å². The Morgan fingerprint density at radius 2 is 1.81 bits per heavy atom. The molecule has 1 rings (SSSR count). The zero-order chi connectivity index (χ0) is 12.3. The van der Waals surface area contributed by atoms with E-state index in [4.69, 9.17) is 0 Å². The molecule has 16 heavy (non-hydrogen) atoms. The average Bonchev–Trinajstić information content (AvgIpc) is 2.20. The minimum absolute atomic E-state index is 0.130. The monoisotopic (exact) mass is 223 g/mol. The summed E-state index contributed by atoms with van der Waals surface area (Å²) in [6.07, 6.45) is 0.354. The number of aryl methyl sites for hydroxylation is 2. The largest absolute Gasteiger partial charge is 0.309 e. The van der Waals surface area contributed by atoms with Crippen molar-refractivity contribution in [3.8, 4) is 0 Å². The first kappa shape index (κ1) is 12.8. The molecule has 0 radical (unpaired) electrons. The molecular weight excluding hydrogens is 205 g/mol. The highest BCUT2D eigenvalue weighted by atomic mass is 19.1. The van der Waals surface area contributed by atoms with Crippen molar-refractivity contribution >= 4 is 5.78 Å². The molecule has 0 saturated heterocycles. The smallest absolute Gasteiger partial charge is 0.167 e. The first-order valence-corrected chi connectivity index (χ1v) is 5.36. The maximum absolute atomic E-state index is 13.6. The molecule has 0 heterocycles. The zero-order valence-electron chi connectivity index (χ0n) is 10.3. The van der Waals surface area contributed by atoms with E-state index in [0.717, 1.165) is 11.1 Å². The van der Waals surface area contributed by atoms with Crippen LogP contribution >= 0.6 is 0 Å². The van der Waals surface area contributed by atoms with Crippen LogP contribution in [0, 0.1) is 19.7 Å².